The molecule has 0 atom stereocenters. The van der Waals surface area contributed by atoms with Gasteiger partial charge in [-0.1, -0.05) is 23.7 Å². The van der Waals surface area contributed by atoms with Crippen molar-refractivity contribution >= 4 is 39.4 Å². The predicted molar refractivity (Wildman–Crippen MR) is 125 cm³/mol. The van der Waals surface area contributed by atoms with Gasteiger partial charge in [-0.3, -0.25) is 4.98 Å². The third-order valence-electron chi connectivity index (χ3n) is 6.12. The first kappa shape index (κ1) is 19.2. The van der Waals surface area contributed by atoms with Gasteiger partial charge in [-0.25, -0.2) is 15.0 Å². The van der Waals surface area contributed by atoms with E-state index in [9.17, 15) is 5.11 Å². The van der Waals surface area contributed by atoms with Crippen molar-refractivity contribution in [2.45, 2.75) is 25.0 Å². The van der Waals surface area contributed by atoms with Crippen molar-refractivity contribution in [2.24, 2.45) is 0 Å². The van der Waals surface area contributed by atoms with Crippen LogP contribution in [0, 0.1) is 0 Å². The minimum atomic E-state index is -0.279. The Balaban J connectivity index is 1.55. The molecule has 3 N–H and O–H groups in total. The van der Waals surface area contributed by atoms with Gasteiger partial charge in [0.05, 0.1) is 28.4 Å². The number of hydrogen-bond donors (Lipinski definition) is 2. The SMILES string of the molecule is Nc1ncnc2c1c(-c1cc3nc(-c4ccccn4)ccc3cc1Cl)cn2C1CC(O)C1. The molecule has 1 aromatic carbocycles. The molecule has 1 saturated carbocycles. The number of aromatic nitrogens is 5. The van der Waals surface area contributed by atoms with E-state index in [0.29, 0.717) is 23.7 Å². The number of aliphatic hydroxyl groups is 1. The Labute approximate surface area is 188 Å². The Morgan fingerprint density at radius 3 is 2.66 bits per heavy atom. The van der Waals surface area contributed by atoms with Gasteiger partial charge in [-0.2, -0.15) is 0 Å². The summed E-state index contributed by atoms with van der Waals surface area (Å²) in [7, 11) is 0. The van der Waals surface area contributed by atoms with Crippen LogP contribution in [-0.2, 0) is 0 Å². The van der Waals surface area contributed by atoms with Crippen molar-refractivity contribution in [1.29, 1.82) is 0 Å². The van der Waals surface area contributed by atoms with E-state index in [2.05, 4.69) is 19.5 Å². The zero-order valence-corrected chi connectivity index (χ0v) is 17.7. The molecule has 0 spiro atoms. The van der Waals surface area contributed by atoms with Gasteiger partial charge < -0.3 is 15.4 Å². The van der Waals surface area contributed by atoms with Crippen LogP contribution in [0.15, 0.2) is 61.2 Å². The molecule has 4 aromatic heterocycles. The van der Waals surface area contributed by atoms with Crippen molar-refractivity contribution < 1.29 is 5.11 Å². The zero-order valence-electron chi connectivity index (χ0n) is 17.0. The van der Waals surface area contributed by atoms with E-state index in [-0.39, 0.29) is 12.1 Å². The van der Waals surface area contributed by atoms with E-state index in [1.165, 1.54) is 6.33 Å². The van der Waals surface area contributed by atoms with E-state index < -0.39 is 0 Å². The van der Waals surface area contributed by atoms with Gasteiger partial charge in [0, 0.05) is 40.0 Å². The lowest BCUT2D eigenvalue weighted by molar-refractivity contribution is 0.0502. The van der Waals surface area contributed by atoms with Crippen LogP contribution < -0.4 is 5.73 Å². The molecule has 7 nitrogen and oxygen atoms in total. The fourth-order valence-corrected chi connectivity index (χ4v) is 4.66. The molecule has 0 amide bonds. The monoisotopic (exact) mass is 442 g/mol. The molecular weight excluding hydrogens is 424 g/mol. The lowest BCUT2D eigenvalue weighted by Crippen LogP contribution is -2.30. The fourth-order valence-electron chi connectivity index (χ4n) is 4.38. The zero-order chi connectivity index (χ0) is 21.8. The second-order valence-corrected chi connectivity index (χ2v) is 8.53. The number of anilines is 1. The van der Waals surface area contributed by atoms with Crippen LogP contribution in [0.4, 0.5) is 5.82 Å². The number of pyridine rings is 2. The van der Waals surface area contributed by atoms with E-state index >= 15 is 0 Å². The van der Waals surface area contributed by atoms with Gasteiger partial charge >= 0.3 is 0 Å². The van der Waals surface area contributed by atoms with Gasteiger partial charge in [-0.15, -0.1) is 0 Å². The maximum Gasteiger partial charge on any atom is 0.146 e. The summed E-state index contributed by atoms with van der Waals surface area (Å²) in [6, 6.07) is 13.8. The standard InChI is InChI=1S/C24H19ClN6O/c25-18-7-13-4-5-20(19-3-1-2-6-27-19)30-21(13)10-16(18)17-11-31(14-8-15(32)9-14)24-22(17)23(26)28-12-29-24/h1-7,10-12,14-15,32H,8-9H2,(H2,26,28,29). The topological polar surface area (TPSA) is 103 Å². The second kappa shape index (κ2) is 7.25. The van der Waals surface area contributed by atoms with Crippen LogP contribution in [0.3, 0.4) is 0 Å². The van der Waals surface area contributed by atoms with Gasteiger partial charge in [0.15, 0.2) is 0 Å². The number of hydrogen-bond acceptors (Lipinski definition) is 6. The van der Waals surface area contributed by atoms with E-state index in [1.807, 2.05) is 48.7 Å². The summed E-state index contributed by atoms with van der Waals surface area (Å²) in [5.41, 5.74) is 11.1. The van der Waals surface area contributed by atoms with Crippen molar-refractivity contribution in [1.82, 2.24) is 24.5 Å². The predicted octanol–water partition coefficient (Wildman–Crippen LogP) is 4.64. The molecule has 32 heavy (non-hydrogen) atoms. The molecule has 8 heteroatoms. The molecule has 1 fully saturated rings. The Kier molecular flexibility index (Phi) is 4.34. The molecule has 6 rings (SSSR count). The highest BCUT2D eigenvalue weighted by Crippen LogP contribution is 2.42. The van der Waals surface area contributed by atoms with Gasteiger partial charge in [0.1, 0.15) is 17.8 Å². The Morgan fingerprint density at radius 2 is 1.88 bits per heavy atom. The van der Waals surface area contributed by atoms with Crippen molar-refractivity contribution in [3.8, 4) is 22.5 Å². The van der Waals surface area contributed by atoms with E-state index in [4.69, 9.17) is 22.3 Å². The van der Waals surface area contributed by atoms with Crippen LogP contribution in [0.25, 0.3) is 44.5 Å². The van der Waals surface area contributed by atoms with E-state index in [0.717, 1.165) is 44.5 Å². The highest BCUT2D eigenvalue weighted by Gasteiger charge is 2.31. The smallest absolute Gasteiger partial charge is 0.146 e. The summed E-state index contributed by atoms with van der Waals surface area (Å²) in [6.45, 7) is 0. The molecule has 158 valence electrons. The molecule has 1 aliphatic rings. The normalized spacial score (nSPS) is 18.2. The van der Waals surface area contributed by atoms with E-state index in [1.54, 1.807) is 6.20 Å². The summed E-state index contributed by atoms with van der Waals surface area (Å²) >= 11 is 6.74. The van der Waals surface area contributed by atoms with Crippen LogP contribution in [0.2, 0.25) is 5.02 Å². The molecule has 4 heterocycles. The number of nitrogen functional groups attached to an aromatic ring is 1. The number of nitrogens with two attached hydrogens (primary N) is 1. The first-order valence-corrected chi connectivity index (χ1v) is 10.8. The molecule has 0 bridgehead atoms. The van der Waals surface area contributed by atoms with Gasteiger partial charge in [0.25, 0.3) is 0 Å². The van der Waals surface area contributed by atoms with Crippen LogP contribution in [0.5, 0.6) is 0 Å². The Morgan fingerprint density at radius 1 is 1.00 bits per heavy atom. The molecule has 0 radical (unpaired) electrons. The van der Waals surface area contributed by atoms with Crippen LogP contribution in [-0.4, -0.2) is 35.7 Å². The van der Waals surface area contributed by atoms with Crippen LogP contribution >= 0.6 is 11.6 Å². The Bertz CT molecular complexity index is 1480. The first-order chi connectivity index (χ1) is 15.6. The van der Waals surface area contributed by atoms with Crippen molar-refractivity contribution in [3.05, 3.63) is 66.2 Å². The highest BCUT2D eigenvalue weighted by molar-refractivity contribution is 6.34. The quantitative estimate of drug-likeness (QED) is 0.422. The number of halogens is 1. The largest absolute Gasteiger partial charge is 0.393 e. The minimum absolute atomic E-state index is 0.170. The average molecular weight is 443 g/mol. The summed E-state index contributed by atoms with van der Waals surface area (Å²) in [6.07, 6.45) is 6.33. The molecule has 0 aliphatic heterocycles. The lowest BCUT2D eigenvalue weighted by Gasteiger charge is -2.32. The number of fused-ring (bicyclic) bond motifs is 2. The summed E-state index contributed by atoms with van der Waals surface area (Å²) in [5.74, 6) is 0.398. The molecule has 5 aromatic rings. The molecule has 0 saturated heterocycles. The number of rotatable bonds is 3. The second-order valence-electron chi connectivity index (χ2n) is 8.12. The fraction of sp³-hybridized carbons (Fsp3) is 0.167. The van der Waals surface area contributed by atoms with Gasteiger partial charge in [0.2, 0.25) is 0 Å². The minimum Gasteiger partial charge on any atom is -0.393 e. The number of benzene rings is 1. The third-order valence-corrected chi connectivity index (χ3v) is 6.43. The number of aliphatic hydroxyl groups excluding tert-OH is 1. The summed E-state index contributed by atoms with van der Waals surface area (Å²) < 4.78 is 2.08. The molecule has 0 unspecified atom stereocenters. The maximum absolute atomic E-state index is 9.81. The lowest BCUT2D eigenvalue weighted by atomic mass is 9.89. The first-order valence-electron chi connectivity index (χ1n) is 10.4. The van der Waals surface area contributed by atoms with Crippen molar-refractivity contribution in [2.75, 3.05) is 5.73 Å². The molecular formula is C24H19ClN6O. The summed E-state index contributed by atoms with van der Waals surface area (Å²) in [5, 5.41) is 12.1. The Hall–Kier alpha value is -3.55. The number of nitrogens with zero attached hydrogens (tertiary/aromatic N) is 5. The maximum atomic E-state index is 9.81. The summed E-state index contributed by atoms with van der Waals surface area (Å²) in [4.78, 5) is 17.9. The molecule has 1 aliphatic carbocycles. The van der Waals surface area contributed by atoms with Crippen LogP contribution in [0.1, 0.15) is 18.9 Å². The van der Waals surface area contributed by atoms with Crippen molar-refractivity contribution in [3.63, 3.8) is 0 Å². The van der Waals surface area contributed by atoms with Gasteiger partial charge in [-0.05, 0) is 43.2 Å². The third kappa shape index (κ3) is 3.01. The highest BCUT2D eigenvalue weighted by atomic mass is 35.5. The average Bonchev–Trinajstić information content (AvgIpc) is 3.17.